The Hall–Kier alpha value is -5.86. The van der Waals surface area contributed by atoms with E-state index in [1.54, 1.807) is 0 Å². The van der Waals surface area contributed by atoms with Crippen molar-refractivity contribution < 1.29 is 0 Å². The van der Waals surface area contributed by atoms with Crippen LogP contribution in [0, 0.1) is 0 Å². The van der Waals surface area contributed by atoms with E-state index < -0.39 is 0 Å². The largest absolute Gasteiger partial charge is 0.311 e. The lowest BCUT2D eigenvalue weighted by molar-refractivity contribution is 0.535. The van der Waals surface area contributed by atoms with E-state index >= 15 is 0 Å². The van der Waals surface area contributed by atoms with Gasteiger partial charge in [-0.1, -0.05) is 136 Å². The second-order valence-corrected chi connectivity index (χ2v) is 15.0. The fourth-order valence-corrected chi connectivity index (χ4v) is 9.04. The Morgan fingerprint density at radius 1 is 0.365 bits per heavy atom. The van der Waals surface area contributed by atoms with Crippen LogP contribution in [0.2, 0.25) is 0 Å². The zero-order chi connectivity index (χ0) is 35.1. The summed E-state index contributed by atoms with van der Waals surface area (Å²) in [5.41, 5.74) is 15.3. The maximum absolute atomic E-state index is 2.42. The molecule has 7 aromatic carbocycles. The van der Waals surface area contributed by atoms with Crippen LogP contribution in [0.1, 0.15) is 61.8 Å². The van der Waals surface area contributed by atoms with Crippen LogP contribution in [0.25, 0.3) is 11.1 Å². The van der Waals surface area contributed by atoms with Gasteiger partial charge in [0, 0.05) is 45.0 Å². The second-order valence-electron chi connectivity index (χ2n) is 15.0. The molecule has 2 aliphatic carbocycles. The Labute approximate surface area is 308 Å². The van der Waals surface area contributed by atoms with Gasteiger partial charge in [0.1, 0.15) is 0 Å². The lowest BCUT2D eigenvalue weighted by Crippen LogP contribution is -2.24. The van der Waals surface area contributed by atoms with Crippen LogP contribution in [0.3, 0.4) is 0 Å². The van der Waals surface area contributed by atoms with Crippen molar-refractivity contribution in [3.8, 4) is 11.1 Å². The summed E-state index contributed by atoms with van der Waals surface area (Å²) in [7, 11) is 0. The number of fused-ring (bicyclic) bond motifs is 3. The molecular formula is C50H44N2. The van der Waals surface area contributed by atoms with Crippen LogP contribution in [0.5, 0.6) is 0 Å². The van der Waals surface area contributed by atoms with Crippen molar-refractivity contribution in [1.29, 1.82) is 0 Å². The van der Waals surface area contributed by atoms with E-state index in [0.717, 1.165) is 29.9 Å². The zero-order valence-electron chi connectivity index (χ0n) is 30.0. The van der Waals surface area contributed by atoms with Gasteiger partial charge in [0.05, 0.1) is 0 Å². The van der Waals surface area contributed by atoms with E-state index in [4.69, 9.17) is 0 Å². The summed E-state index contributed by atoms with van der Waals surface area (Å²) >= 11 is 0. The topological polar surface area (TPSA) is 6.48 Å². The second kappa shape index (κ2) is 13.0. The molecule has 52 heavy (non-hydrogen) atoms. The van der Waals surface area contributed by atoms with Crippen molar-refractivity contribution in [3.05, 3.63) is 204 Å². The first-order valence-electron chi connectivity index (χ1n) is 18.7. The normalized spacial score (nSPS) is 15.1. The molecule has 1 saturated carbocycles. The van der Waals surface area contributed by atoms with Gasteiger partial charge in [-0.2, -0.15) is 0 Å². The van der Waals surface area contributed by atoms with E-state index in [9.17, 15) is 0 Å². The van der Waals surface area contributed by atoms with Gasteiger partial charge in [-0.25, -0.2) is 0 Å². The average molecular weight is 673 g/mol. The highest BCUT2D eigenvalue weighted by molar-refractivity contribution is 5.85. The number of hydrogen-bond donors (Lipinski definition) is 0. The summed E-state index contributed by atoms with van der Waals surface area (Å²) in [6.45, 7) is 4.72. The fourth-order valence-electron chi connectivity index (χ4n) is 9.04. The number of benzene rings is 7. The predicted molar refractivity (Wildman–Crippen MR) is 219 cm³/mol. The van der Waals surface area contributed by atoms with E-state index in [-0.39, 0.29) is 10.8 Å². The van der Waals surface area contributed by atoms with Crippen molar-refractivity contribution in [2.24, 2.45) is 0 Å². The van der Waals surface area contributed by atoms with Crippen LogP contribution in [-0.2, 0) is 10.8 Å². The Morgan fingerprint density at radius 2 is 0.750 bits per heavy atom. The molecule has 0 heterocycles. The van der Waals surface area contributed by atoms with E-state index in [0.29, 0.717) is 0 Å². The molecule has 0 atom stereocenters. The molecule has 0 saturated heterocycles. The zero-order valence-corrected chi connectivity index (χ0v) is 30.0. The molecule has 2 nitrogen and oxygen atoms in total. The van der Waals surface area contributed by atoms with Crippen molar-refractivity contribution in [2.45, 2.75) is 50.4 Å². The van der Waals surface area contributed by atoms with E-state index in [2.05, 4.69) is 206 Å². The van der Waals surface area contributed by atoms with Crippen LogP contribution in [0.15, 0.2) is 182 Å². The molecule has 7 aromatic rings. The molecule has 0 aliphatic heterocycles. The number of anilines is 6. The third-order valence-corrected chi connectivity index (χ3v) is 11.7. The van der Waals surface area contributed by atoms with E-state index in [1.807, 2.05) is 0 Å². The van der Waals surface area contributed by atoms with E-state index in [1.165, 1.54) is 63.3 Å². The third-order valence-electron chi connectivity index (χ3n) is 11.7. The lowest BCUT2D eigenvalue weighted by Gasteiger charge is -2.33. The lowest BCUT2D eigenvalue weighted by atomic mass is 9.73. The summed E-state index contributed by atoms with van der Waals surface area (Å²) in [5, 5.41) is 0. The molecule has 0 unspecified atom stereocenters. The molecule has 2 heteroatoms. The first-order valence-corrected chi connectivity index (χ1v) is 18.7. The summed E-state index contributed by atoms with van der Waals surface area (Å²) in [5.74, 6) is 0. The van der Waals surface area contributed by atoms with Gasteiger partial charge in [-0.3, -0.25) is 0 Å². The Morgan fingerprint density at radius 3 is 1.25 bits per heavy atom. The third kappa shape index (κ3) is 5.42. The average Bonchev–Trinajstić information content (AvgIpc) is 3.79. The molecule has 0 aromatic heterocycles. The molecular weight excluding hydrogens is 629 g/mol. The fraction of sp³-hybridized carbons (Fsp3) is 0.160. The molecule has 0 bridgehead atoms. The number of hydrogen-bond acceptors (Lipinski definition) is 2. The smallest absolute Gasteiger partial charge is 0.0465 e. The van der Waals surface area contributed by atoms with Crippen LogP contribution >= 0.6 is 0 Å². The predicted octanol–water partition coefficient (Wildman–Crippen LogP) is 13.8. The van der Waals surface area contributed by atoms with Crippen LogP contribution in [0.4, 0.5) is 34.1 Å². The number of rotatable bonds is 8. The first-order chi connectivity index (χ1) is 25.5. The molecule has 9 rings (SSSR count). The number of nitrogens with zero attached hydrogens (tertiary/aromatic N) is 2. The first kappa shape index (κ1) is 32.1. The highest BCUT2D eigenvalue weighted by atomic mass is 15.1. The molecule has 0 amide bonds. The summed E-state index contributed by atoms with van der Waals surface area (Å²) < 4.78 is 0. The van der Waals surface area contributed by atoms with Gasteiger partial charge >= 0.3 is 0 Å². The van der Waals surface area contributed by atoms with Gasteiger partial charge in [-0.05, 0) is 119 Å². The molecule has 0 spiro atoms. The van der Waals surface area contributed by atoms with Gasteiger partial charge < -0.3 is 9.80 Å². The molecule has 1 fully saturated rings. The van der Waals surface area contributed by atoms with Crippen molar-refractivity contribution in [1.82, 2.24) is 0 Å². The molecule has 2 aliphatic rings. The highest BCUT2D eigenvalue weighted by Crippen LogP contribution is 2.51. The molecule has 0 N–H and O–H groups in total. The number of para-hydroxylation sites is 3. The minimum absolute atomic E-state index is 0.00231. The van der Waals surface area contributed by atoms with Gasteiger partial charge in [0.2, 0.25) is 0 Å². The van der Waals surface area contributed by atoms with Crippen molar-refractivity contribution >= 4 is 34.1 Å². The van der Waals surface area contributed by atoms with Crippen LogP contribution < -0.4 is 9.80 Å². The summed E-state index contributed by atoms with van der Waals surface area (Å²) in [6, 6.07) is 67.0. The summed E-state index contributed by atoms with van der Waals surface area (Å²) in [4.78, 5) is 4.76. The monoisotopic (exact) mass is 672 g/mol. The SMILES string of the molecule is CC1(C)c2ccccc2-c2ccc(N(c3ccccc3)c3ccc(C4(c5ccc(N(c6ccccc6)c6ccccc6)cc5)CCCC4)cc3)cc21. The quantitative estimate of drug-likeness (QED) is 0.159. The minimum Gasteiger partial charge on any atom is -0.311 e. The minimum atomic E-state index is -0.0578. The standard InChI is InChI=1S/C50H44N2/c1-49(2)47-23-13-12-22-45(47)46-33-32-44(36-48(46)49)52(41-20-10-5-11-21-41)43-30-26-38(27-31-43)50(34-14-15-35-50)37-24-28-42(29-25-37)51(39-16-6-3-7-17-39)40-18-8-4-9-19-40/h3-13,16-33,36H,14-15,34-35H2,1-2H3. The van der Waals surface area contributed by atoms with Gasteiger partial charge in [0.25, 0.3) is 0 Å². The summed E-state index contributed by atoms with van der Waals surface area (Å²) in [6.07, 6.45) is 4.81. The van der Waals surface area contributed by atoms with Gasteiger partial charge in [0.15, 0.2) is 0 Å². The molecule has 0 radical (unpaired) electrons. The maximum Gasteiger partial charge on any atom is 0.0465 e. The van der Waals surface area contributed by atoms with Gasteiger partial charge in [-0.15, -0.1) is 0 Å². The Kier molecular flexibility index (Phi) is 8.04. The Bertz CT molecular complexity index is 2260. The Balaban J connectivity index is 1.07. The maximum atomic E-state index is 2.42. The molecule has 254 valence electrons. The van der Waals surface area contributed by atoms with Crippen molar-refractivity contribution in [3.63, 3.8) is 0 Å². The van der Waals surface area contributed by atoms with Crippen molar-refractivity contribution in [2.75, 3.05) is 9.80 Å². The highest BCUT2D eigenvalue weighted by Gasteiger charge is 2.38. The van der Waals surface area contributed by atoms with Crippen LogP contribution in [-0.4, -0.2) is 0 Å².